The molecule has 0 fully saturated rings. The second kappa shape index (κ2) is 6.34. The normalized spacial score (nSPS) is 14.1. The van der Waals surface area contributed by atoms with Crippen molar-refractivity contribution in [2.24, 2.45) is 7.05 Å². The summed E-state index contributed by atoms with van der Waals surface area (Å²) in [5.41, 5.74) is 1.92. The minimum Gasteiger partial charge on any atom is -0.337 e. The van der Waals surface area contributed by atoms with Crippen molar-refractivity contribution in [3.8, 4) is 0 Å². The van der Waals surface area contributed by atoms with Gasteiger partial charge >= 0.3 is 0 Å². The number of aromatic nitrogens is 2. The second-order valence-corrected chi connectivity index (χ2v) is 8.48. The zero-order valence-electron chi connectivity index (χ0n) is 13.0. The zero-order chi connectivity index (χ0) is 16.7. The standard InChI is InChI=1S/C16H15N3O2S3/c1-18-15(21)14-11(4-7-23-14)17-16(18)24-9-13(20)19-5-2-12-10(8-19)3-6-22-12/h3-4,6-7H,2,5,8-9H2,1H3. The fourth-order valence-electron chi connectivity index (χ4n) is 2.78. The van der Waals surface area contributed by atoms with Crippen LogP contribution in [0, 0.1) is 0 Å². The van der Waals surface area contributed by atoms with E-state index >= 15 is 0 Å². The van der Waals surface area contributed by atoms with Gasteiger partial charge in [-0.1, -0.05) is 11.8 Å². The first kappa shape index (κ1) is 15.9. The van der Waals surface area contributed by atoms with Gasteiger partial charge in [0.2, 0.25) is 5.91 Å². The van der Waals surface area contributed by atoms with Crippen LogP contribution in [0.3, 0.4) is 0 Å². The largest absolute Gasteiger partial charge is 0.337 e. The van der Waals surface area contributed by atoms with Crippen LogP contribution < -0.4 is 5.56 Å². The summed E-state index contributed by atoms with van der Waals surface area (Å²) in [7, 11) is 1.71. The predicted octanol–water partition coefficient (Wildman–Crippen LogP) is 2.73. The van der Waals surface area contributed by atoms with Crippen molar-refractivity contribution >= 4 is 50.6 Å². The molecule has 1 aliphatic heterocycles. The van der Waals surface area contributed by atoms with E-state index in [4.69, 9.17) is 0 Å². The molecule has 24 heavy (non-hydrogen) atoms. The first-order chi connectivity index (χ1) is 11.6. The van der Waals surface area contributed by atoms with Gasteiger partial charge in [-0.3, -0.25) is 14.2 Å². The molecule has 0 spiro atoms. The van der Waals surface area contributed by atoms with Crippen molar-refractivity contribution in [1.29, 1.82) is 0 Å². The molecule has 8 heteroatoms. The van der Waals surface area contributed by atoms with Crippen molar-refractivity contribution in [1.82, 2.24) is 14.5 Å². The molecule has 4 rings (SSSR count). The van der Waals surface area contributed by atoms with Crippen LogP contribution in [0.2, 0.25) is 0 Å². The van der Waals surface area contributed by atoms with Crippen molar-refractivity contribution in [3.63, 3.8) is 0 Å². The molecule has 1 amide bonds. The number of fused-ring (bicyclic) bond motifs is 2. The number of amides is 1. The lowest BCUT2D eigenvalue weighted by Crippen LogP contribution is -2.36. The first-order valence-corrected chi connectivity index (χ1v) is 10.3. The molecule has 4 heterocycles. The van der Waals surface area contributed by atoms with Gasteiger partial charge in [0.1, 0.15) is 4.70 Å². The molecule has 0 N–H and O–H groups in total. The third-order valence-corrected chi connectivity index (χ3v) is 7.06. The van der Waals surface area contributed by atoms with Gasteiger partial charge in [-0.2, -0.15) is 0 Å². The fraction of sp³-hybridized carbons (Fsp3) is 0.312. The molecule has 0 bridgehead atoms. The topological polar surface area (TPSA) is 55.2 Å². The fourth-order valence-corrected chi connectivity index (χ4v) is 5.35. The van der Waals surface area contributed by atoms with Crippen molar-refractivity contribution in [2.75, 3.05) is 12.3 Å². The molecule has 0 saturated heterocycles. The number of hydrogen-bond donors (Lipinski definition) is 0. The number of carbonyl (C=O) groups excluding carboxylic acids is 1. The molecule has 0 unspecified atom stereocenters. The van der Waals surface area contributed by atoms with E-state index in [-0.39, 0.29) is 11.5 Å². The maximum Gasteiger partial charge on any atom is 0.271 e. The predicted molar refractivity (Wildman–Crippen MR) is 99.0 cm³/mol. The van der Waals surface area contributed by atoms with E-state index in [1.807, 2.05) is 16.3 Å². The Bertz CT molecular complexity index is 973. The number of nitrogens with zero attached hydrogens (tertiary/aromatic N) is 3. The van der Waals surface area contributed by atoms with Crippen LogP contribution >= 0.6 is 34.4 Å². The van der Waals surface area contributed by atoms with E-state index in [2.05, 4.69) is 16.4 Å². The van der Waals surface area contributed by atoms with E-state index in [0.29, 0.717) is 27.7 Å². The number of thioether (sulfide) groups is 1. The van der Waals surface area contributed by atoms with E-state index in [9.17, 15) is 9.59 Å². The molecule has 3 aromatic heterocycles. The molecular formula is C16H15N3O2S3. The zero-order valence-corrected chi connectivity index (χ0v) is 15.5. The summed E-state index contributed by atoms with van der Waals surface area (Å²) in [6.45, 7) is 1.46. The summed E-state index contributed by atoms with van der Waals surface area (Å²) in [5.74, 6) is 0.395. The van der Waals surface area contributed by atoms with Gasteiger partial charge in [0.05, 0.1) is 11.3 Å². The summed E-state index contributed by atoms with van der Waals surface area (Å²) in [6.07, 6.45) is 0.932. The quantitative estimate of drug-likeness (QED) is 0.520. The van der Waals surface area contributed by atoms with Crippen LogP contribution in [-0.2, 0) is 24.8 Å². The lowest BCUT2D eigenvalue weighted by atomic mass is 10.1. The molecule has 0 saturated carbocycles. The van der Waals surface area contributed by atoms with Gasteiger partial charge < -0.3 is 4.90 Å². The highest BCUT2D eigenvalue weighted by molar-refractivity contribution is 7.99. The summed E-state index contributed by atoms with van der Waals surface area (Å²) in [6, 6.07) is 3.94. The Morgan fingerprint density at radius 3 is 3.04 bits per heavy atom. The van der Waals surface area contributed by atoms with Crippen molar-refractivity contribution < 1.29 is 4.79 Å². The second-order valence-electron chi connectivity index (χ2n) is 5.62. The highest BCUT2D eigenvalue weighted by Gasteiger charge is 2.22. The van der Waals surface area contributed by atoms with Crippen LogP contribution in [0.25, 0.3) is 10.2 Å². The highest BCUT2D eigenvalue weighted by Crippen LogP contribution is 2.25. The molecule has 0 atom stereocenters. The third-order valence-electron chi connectivity index (χ3n) is 4.13. The smallest absolute Gasteiger partial charge is 0.271 e. The molecule has 3 aromatic rings. The Balaban J connectivity index is 1.48. The molecular weight excluding hydrogens is 362 g/mol. The lowest BCUT2D eigenvalue weighted by Gasteiger charge is -2.26. The van der Waals surface area contributed by atoms with Gasteiger partial charge in [0.15, 0.2) is 5.16 Å². The highest BCUT2D eigenvalue weighted by atomic mass is 32.2. The van der Waals surface area contributed by atoms with Gasteiger partial charge in [0.25, 0.3) is 5.56 Å². The van der Waals surface area contributed by atoms with E-state index in [1.54, 1.807) is 18.4 Å². The average Bonchev–Trinajstić information content (AvgIpc) is 3.24. The maximum absolute atomic E-state index is 12.5. The monoisotopic (exact) mass is 377 g/mol. The SMILES string of the molecule is Cn1c(SCC(=O)N2CCc3sccc3C2)nc2ccsc2c1=O. The third kappa shape index (κ3) is 2.78. The van der Waals surface area contributed by atoms with Crippen LogP contribution in [0.1, 0.15) is 10.4 Å². The van der Waals surface area contributed by atoms with Crippen molar-refractivity contribution in [3.05, 3.63) is 43.7 Å². The molecule has 124 valence electrons. The van der Waals surface area contributed by atoms with Crippen LogP contribution in [0.15, 0.2) is 32.8 Å². The average molecular weight is 378 g/mol. The Labute approximate surface area is 150 Å². The molecule has 5 nitrogen and oxygen atoms in total. The van der Waals surface area contributed by atoms with E-state index in [1.165, 1.54) is 38.1 Å². The van der Waals surface area contributed by atoms with Crippen LogP contribution in [0.5, 0.6) is 0 Å². The van der Waals surface area contributed by atoms with Crippen LogP contribution in [-0.4, -0.2) is 32.7 Å². The Kier molecular flexibility index (Phi) is 4.19. The van der Waals surface area contributed by atoms with Crippen molar-refractivity contribution in [2.45, 2.75) is 18.1 Å². The number of hydrogen-bond acceptors (Lipinski definition) is 6. The minimum atomic E-state index is -0.0502. The number of carbonyl (C=O) groups is 1. The minimum absolute atomic E-state index is 0.0502. The summed E-state index contributed by atoms with van der Waals surface area (Å²) < 4.78 is 2.19. The Hall–Kier alpha value is -1.64. The Morgan fingerprint density at radius 2 is 2.17 bits per heavy atom. The van der Waals surface area contributed by atoms with Gasteiger partial charge in [-0.25, -0.2) is 4.98 Å². The van der Waals surface area contributed by atoms with Gasteiger partial charge in [-0.15, -0.1) is 22.7 Å². The summed E-state index contributed by atoms with van der Waals surface area (Å²) in [4.78, 5) is 32.6. The van der Waals surface area contributed by atoms with Crippen LogP contribution in [0.4, 0.5) is 0 Å². The molecule has 0 radical (unpaired) electrons. The number of rotatable bonds is 3. The summed E-state index contributed by atoms with van der Waals surface area (Å²) in [5, 5.41) is 4.54. The maximum atomic E-state index is 12.5. The van der Waals surface area contributed by atoms with Gasteiger partial charge in [-0.05, 0) is 34.9 Å². The lowest BCUT2D eigenvalue weighted by molar-refractivity contribution is -0.129. The first-order valence-electron chi connectivity index (χ1n) is 7.53. The number of thiophene rings is 2. The van der Waals surface area contributed by atoms with E-state index < -0.39 is 0 Å². The molecule has 0 aromatic carbocycles. The summed E-state index contributed by atoms with van der Waals surface area (Å²) >= 11 is 4.50. The molecule has 0 aliphatic carbocycles. The van der Waals surface area contributed by atoms with E-state index in [0.717, 1.165) is 13.0 Å². The van der Waals surface area contributed by atoms with Gasteiger partial charge in [0, 0.05) is 25.0 Å². The Morgan fingerprint density at radius 1 is 1.33 bits per heavy atom. The molecule has 1 aliphatic rings.